The van der Waals surface area contributed by atoms with Crippen molar-refractivity contribution in [2.75, 3.05) is 6.61 Å². The molecule has 0 aliphatic rings. The number of carboxylic acids is 1. The Kier molecular flexibility index (Phi) is 4.72. The molecule has 1 aromatic rings. The smallest absolute Gasteiger partial charge is 0.416 e. The largest absolute Gasteiger partial charge is 0.481 e. The van der Waals surface area contributed by atoms with Gasteiger partial charge in [-0.15, -0.1) is 0 Å². The zero-order valence-electron chi connectivity index (χ0n) is 9.44. The van der Waals surface area contributed by atoms with E-state index in [1.807, 2.05) is 0 Å². The molecule has 0 amide bonds. The van der Waals surface area contributed by atoms with E-state index in [2.05, 4.69) is 0 Å². The second kappa shape index (κ2) is 5.86. The van der Waals surface area contributed by atoms with E-state index in [1.165, 1.54) is 12.1 Å². The third-order valence-corrected chi connectivity index (χ3v) is 2.58. The Bertz CT molecular complexity index is 415. The fourth-order valence-electron chi connectivity index (χ4n) is 1.72. The zero-order chi connectivity index (χ0) is 13.8. The number of hydrogen-bond acceptors (Lipinski definition) is 2. The summed E-state index contributed by atoms with van der Waals surface area (Å²) in [5.41, 5.74) is -0.533. The van der Waals surface area contributed by atoms with E-state index in [1.54, 1.807) is 0 Å². The average Bonchev–Trinajstić information content (AvgIpc) is 2.27. The lowest BCUT2D eigenvalue weighted by atomic mass is 9.91. The van der Waals surface area contributed by atoms with Crippen LogP contribution in [0.1, 0.15) is 29.9 Å². The predicted octanol–water partition coefficient (Wildman–Crippen LogP) is 2.65. The molecule has 6 heteroatoms. The molecule has 2 N–H and O–H groups in total. The molecule has 0 bridgehead atoms. The van der Waals surface area contributed by atoms with Gasteiger partial charge in [-0.3, -0.25) is 4.79 Å². The predicted molar refractivity (Wildman–Crippen MR) is 58.1 cm³/mol. The van der Waals surface area contributed by atoms with Gasteiger partial charge in [0.2, 0.25) is 0 Å². The molecule has 0 aromatic heterocycles. The highest BCUT2D eigenvalue weighted by atomic mass is 19.4. The van der Waals surface area contributed by atoms with Gasteiger partial charge in [-0.05, 0) is 24.0 Å². The van der Waals surface area contributed by atoms with E-state index in [0.717, 1.165) is 12.1 Å². The van der Waals surface area contributed by atoms with Crippen LogP contribution in [0, 0.1) is 0 Å². The summed E-state index contributed by atoms with van der Waals surface area (Å²) in [5, 5.41) is 17.5. The van der Waals surface area contributed by atoms with E-state index in [0.29, 0.717) is 0 Å². The molecule has 0 saturated heterocycles. The maximum atomic E-state index is 12.5. The molecule has 0 aliphatic heterocycles. The fourth-order valence-corrected chi connectivity index (χ4v) is 1.72. The molecule has 3 nitrogen and oxygen atoms in total. The lowest BCUT2D eigenvalue weighted by Crippen LogP contribution is -2.10. The van der Waals surface area contributed by atoms with E-state index in [4.69, 9.17) is 10.2 Å². The van der Waals surface area contributed by atoms with E-state index in [-0.39, 0.29) is 25.0 Å². The number of hydrogen-bond donors (Lipinski definition) is 2. The number of halogens is 3. The lowest BCUT2D eigenvalue weighted by Gasteiger charge is -2.16. The van der Waals surface area contributed by atoms with Crippen molar-refractivity contribution >= 4 is 5.97 Å². The minimum absolute atomic E-state index is 0.119. The number of carbonyl (C=O) groups is 1. The fraction of sp³-hybridized carbons (Fsp3) is 0.417. The number of rotatable bonds is 5. The second-order valence-electron chi connectivity index (χ2n) is 3.93. The Hall–Kier alpha value is -1.56. The second-order valence-corrected chi connectivity index (χ2v) is 3.93. The minimum Gasteiger partial charge on any atom is -0.481 e. The van der Waals surface area contributed by atoms with Gasteiger partial charge in [0.1, 0.15) is 0 Å². The minimum atomic E-state index is -4.46. The number of aliphatic hydroxyl groups excluding tert-OH is 1. The Morgan fingerprint density at radius 2 is 2.00 bits per heavy atom. The molecular formula is C12H13F3O3. The first-order chi connectivity index (χ1) is 8.34. The summed E-state index contributed by atoms with van der Waals surface area (Å²) in [7, 11) is 0. The number of aliphatic carboxylic acids is 1. The highest BCUT2D eigenvalue weighted by Gasteiger charge is 2.31. The maximum absolute atomic E-state index is 12.5. The monoisotopic (exact) mass is 262 g/mol. The van der Waals surface area contributed by atoms with Gasteiger partial charge in [-0.1, -0.05) is 18.2 Å². The first-order valence-electron chi connectivity index (χ1n) is 5.34. The van der Waals surface area contributed by atoms with Crippen molar-refractivity contribution in [1.29, 1.82) is 0 Å². The van der Waals surface area contributed by atoms with E-state index < -0.39 is 23.6 Å². The molecule has 18 heavy (non-hydrogen) atoms. The summed E-state index contributed by atoms with van der Waals surface area (Å²) >= 11 is 0. The molecule has 1 aromatic carbocycles. The molecule has 1 atom stereocenters. The Morgan fingerprint density at radius 3 is 2.50 bits per heavy atom. The molecule has 0 fully saturated rings. The molecule has 0 heterocycles. The summed E-state index contributed by atoms with van der Waals surface area (Å²) in [6, 6.07) is 4.55. The van der Waals surface area contributed by atoms with Crippen LogP contribution in [0.25, 0.3) is 0 Å². The van der Waals surface area contributed by atoms with Crippen LogP contribution in [0.2, 0.25) is 0 Å². The third kappa shape index (κ3) is 4.03. The Labute approximate surface area is 102 Å². The molecular weight excluding hydrogens is 249 g/mol. The zero-order valence-corrected chi connectivity index (χ0v) is 9.44. The van der Waals surface area contributed by atoms with Crippen molar-refractivity contribution in [2.45, 2.75) is 24.9 Å². The Balaban J connectivity index is 3.01. The average molecular weight is 262 g/mol. The van der Waals surface area contributed by atoms with Crippen molar-refractivity contribution in [3.8, 4) is 0 Å². The van der Waals surface area contributed by atoms with Crippen LogP contribution in [0.3, 0.4) is 0 Å². The molecule has 0 spiro atoms. The van der Waals surface area contributed by atoms with Crippen LogP contribution in [0.4, 0.5) is 13.2 Å². The number of aliphatic hydroxyl groups is 1. The number of benzene rings is 1. The quantitative estimate of drug-likeness (QED) is 0.857. The first-order valence-corrected chi connectivity index (χ1v) is 5.34. The van der Waals surface area contributed by atoms with Gasteiger partial charge < -0.3 is 10.2 Å². The first kappa shape index (κ1) is 14.5. The summed E-state index contributed by atoms with van der Waals surface area (Å²) in [6.07, 6.45) is -4.64. The third-order valence-electron chi connectivity index (χ3n) is 2.58. The molecule has 100 valence electrons. The highest BCUT2D eigenvalue weighted by molar-refractivity contribution is 5.68. The van der Waals surface area contributed by atoms with Crippen LogP contribution < -0.4 is 0 Å². The summed E-state index contributed by atoms with van der Waals surface area (Å²) < 4.78 is 37.5. The van der Waals surface area contributed by atoms with Crippen LogP contribution in [0.15, 0.2) is 24.3 Å². The van der Waals surface area contributed by atoms with Gasteiger partial charge >= 0.3 is 12.1 Å². The molecule has 0 radical (unpaired) electrons. The SMILES string of the molecule is O=C(O)CC(CCO)c1cccc(C(F)(F)F)c1. The molecule has 0 aliphatic carbocycles. The van der Waals surface area contributed by atoms with Gasteiger partial charge in [0.25, 0.3) is 0 Å². The van der Waals surface area contributed by atoms with Crippen LogP contribution in [0.5, 0.6) is 0 Å². The summed E-state index contributed by atoms with van der Waals surface area (Å²) in [5.74, 6) is -1.72. The van der Waals surface area contributed by atoms with Gasteiger partial charge in [-0.2, -0.15) is 13.2 Å². The van der Waals surface area contributed by atoms with Gasteiger partial charge in [0.15, 0.2) is 0 Å². The summed E-state index contributed by atoms with van der Waals surface area (Å²) in [6.45, 7) is -0.270. The van der Waals surface area contributed by atoms with E-state index >= 15 is 0 Å². The maximum Gasteiger partial charge on any atom is 0.416 e. The molecule has 1 unspecified atom stereocenters. The van der Waals surface area contributed by atoms with Crippen LogP contribution in [-0.2, 0) is 11.0 Å². The lowest BCUT2D eigenvalue weighted by molar-refractivity contribution is -0.138. The number of alkyl halides is 3. The summed E-state index contributed by atoms with van der Waals surface area (Å²) in [4.78, 5) is 10.6. The van der Waals surface area contributed by atoms with Crippen LogP contribution >= 0.6 is 0 Å². The van der Waals surface area contributed by atoms with Crippen LogP contribution in [-0.4, -0.2) is 22.8 Å². The van der Waals surface area contributed by atoms with Crippen molar-refractivity contribution in [3.05, 3.63) is 35.4 Å². The Morgan fingerprint density at radius 1 is 1.33 bits per heavy atom. The van der Waals surface area contributed by atoms with Gasteiger partial charge in [0.05, 0.1) is 12.0 Å². The van der Waals surface area contributed by atoms with E-state index in [9.17, 15) is 18.0 Å². The van der Waals surface area contributed by atoms with Crippen molar-refractivity contribution in [3.63, 3.8) is 0 Å². The topological polar surface area (TPSA) is 57.5 Å². The van der Waals surface area contributed by atoms with Crippen molar-refractivity contribution < 1.29 is 28.2 Å². The number of carboxylic acid groups (broad SMARTS) is 1. The van der Waals surface area contributed by atoms with Crippen molar-refractivity contribution in [1.82, 2.24) is 0 Å². The molecule has 1 rings (SSSR count). The van der Waals surface area contributed by atoms with Gasteiger partial charge in [0, 0.05) is 6.61 Å². The normalized spacial score (nSPS) is 13.3. The highest BCUT2D eigenvalue weighted by Crippen LogP contribution is 2.32. The standard InChI is InChI=1S/C12H13F3O3/c13-12(14,15)10-3-1-2-8(6-10)9(4-5-16)7-11(17)18/h1-3,6,9,16H,4-5,7H2,(H,17,18). The molecule has 0 saturated carbocycles. The van der Waals surface area contributed by atoms with Gasteiger partial charge in [-0.25, -0.2) is 0 Å². The van der Waals surface area contributed by atoms with Crippen molar-refractivity contribution in [2.24, 2.45) is 0 Å².